The number of benzene rings is 1. The van der Waals surface area contributed by atoms with Gasteiger partial charge in [-0.25, -0.2) is 0 Å². The van der Waals surface area contributed by atoms with E-state index < -0.39 is 5.91 Å². The summed E-state index contributed by atoms with van der Waals surface area (Å²) < 4.78 is 5.65. The first-order chi connectivity index (χ1) is 9.08. The summed E-state index contributed by atoms with van der Waals surface area (Å²) in [5.74, 6) is -0.0939. The molecule has 102 valence electrons. The van der Waals surface area contributed by atoms with E-state index in [0.29, 0.717) is 22.2 Å². The highest BCUT2D eigenvalue weighted by Crippen LogP contribution is 2.39. The van der Waals surface area contributed by atoms with Crippen molar-refractivity contribution in [3.05, 3.63) is 28.8 Å². The smallest absolute Gasteiger partial charge is 0.250 e. The van der Waals surface area contributed by atoms with Crippen LogP contribution in [0.15, 0.2) is 18.2 Å². The van der Waals surface area contributed by atoms with Crippen LogP contribution in [-0.2, 0) is 4.74 Å². The third kappa shape index (κ3) is 2.08. The van der Waals surface area contributed by atoms with Crippen molar-refractivity contribution in [1.82, 2.24) is 0 Å². The predicted octanol–water partition coefficient (Wildman–Crippen LogP) is 0.965. The molecule has 5 nitrogen and oxygen atoms in total. The lowest BCUT2D eigenvalue weighted by Crippen LogP contribution is -2.65. The van der Waals surface area contributed by atoms with Crippen molar-refractivity contribution >= 4 is 23.2 Å². The van der Waals surface area contributed by atoms with Gasteiger partial charge in [0.2, 0.25) is 0 Å². The van der Waals surface area contributed by atoms with E-state index in [1.54, 1.807) is 18.2 Å². The number of fused-ring (bicyclic) bond motifs is 1. The fraction of sp³-hybridized carbons (Fsp3) is 0.462. The van der Waals surface area contributed by atoms with Crippen LogP contribution in [0, 0.1) is 5.92 Å². The first kappa shape index (κ1) is 12.7. The van der Waals surface area contributed by atoms with Crippen molar-refractivity contribution in [1.29, 1.82) is 0 Å². The van der Waals surface area contributed by atoms with E-state index >= 15 is 0 Å². The SMILES string of the molecule is NC(=O)c1cc(Cl)ccc1NC1C(N)C2CCOC21. The number of nitrogens with two attached hydrogens (primary N) is 2. The Kier molecular flexibility index (Phi) is 3.12. The fourth-order valence-corrected chi connectivity index (χ4v) is 3.13. The van der Waals surface area contributed by atoms with Gasteiger partial charge in [0.1, 0.15) is 0 Å². The molecule has 4 atom stereocenters. The van der Waals surface area contributed by atoms with Crippen LogP contribution in [0.5, 0.6) is 0 Å². The summed E-state index contributed by atoms with van der Waals surface area (Å²) in [5.41, 5.74) is 12.5. The Labute approximate surface area is 116 Å². The summed E-state index contributed by atoms with van der Waals surface area (Å²) in [7, 11) is 0. The van der Waals surface area contributed by atoms with E-state index in [2.05, 4.69) is 5.32 Å². The van der Waals surface area contributed by atoms with Crippen LogP contribution in [0.4, 0.5) is 5.69 Å². The van der Waals surface area contributed by atoms with Gasteiger partial charge in [-0.15, -0.1) is 0 Å². The maximum Gasteiger partial charge on any atom is 0.250 e. The second-order valence-corrected chi connectivity index (χ2v) is 5.53. The molecule has 0 spiro atoms. The second-order valence-electron chi connectivity index (χ2n) is 5.09. The Bertz CT molecular complexity index is 523. The first-order valence-electron chi connectivity index (χ1n) is 6.31. The number of hydrogen-bond donors (Lipinski definition) is 3. The molecule has 1 amide bonds. The van der Waals surface area contributed by atoms with Crippen molar-refractivity contribution in [2.45, 2.75) is 24.6 Å². The van der Waals surface area contributed by atoms with Gasteiger partial charge in [-0.3, -0.25) is 4.79 Å². The lowest BCUT2D eigenvalue weighted by atomic mass is 9.72. The molecular weight excluding hydrogens is 266 g/mol. The van der Waals surface area contributed by atoms with Crippen LogP contribution in [0.3, 0.4) is 0 Å². The first-order valence-corrected chi connectivity index (χ1v) is 6.69. The quantitative estimate of drug-likeness (QED) is 0.770. The molecule has 0 bridgehead atoms. The van der Waals surface area contributed by atoms with Crippen LogP contribution < -0.4 is 16.8 Å². The largest absolute Gasteiger partial charge is 0.377 e. The number of primary amides is 1. The number of amides is 1. The number of rotatable bonds is 3. The average molecular weight is 282 g/mol. The van der Waals surface area contributed by atoms with Gasteiger partial charge in [-0.05, 0) is 24.6 Å². The maximum absolute atomic E-state index is 11.4. The van der Waals surface area contributed by atoms with Crippen molar-refractivity contribution in [3.8, 4) is 0 Å². The van der Waals surface area contributed by atoms with Gasteiger partial charge in [-0.2, -0.15) is 0 Å². The number of nitrogens with one attached hydrogen (secondary N) is 1. The highest BCUT2D eigenvalue weighted by atomic mass is 35.5. The Hall–Kier alpha value is -1.30. The third-order valence-electron chi connectivity index (χ3n) is 4.02. The van der Waals surface area contributed by atoms with Crippen LogP contribution >= 0.6 is 11.6 Å². The van der Waals surface area contributed by atoms with Gasteiger partial charge in [0.05, 0.1) is 17.7 Å². The zero-order valence-corrected chi connectivity index (χ0v) is 11.1. The number of carbonyl (C=O) groups excluding carboxylic acids is 1. The highest BCUT2D eigenvalue weighted by Gasteiger charge is 2.52. The fourth-order valence-electron chi connectivity index (χ4n) is 2.95. The molecule has 1 aliphatic heterocycles. The Morgan fingerprint density at radius 3 is 3.00 bits per heavy atom. The average Bonchev–Trinajstić information content (AvgIpc) is 2.81. The molecule has 1 saturated carbocycles. The van der Waals surface area contributed by atoms with Gasteiger partial charge in [0.25, 0.3) is 5.91 Å². The summed E-state index contributed by atoms with van der Waals surface area (Å²) >= 11 is 5.88. The van der Waals surface area contributed by atoms with E-state index in [0.717, 1.165) is 13.0 Å². The molecule has 1 heterocycles. The van der Waals surface area contributed by atoms with Gasteiger partial charge < -0.3 is 21.5 Å². The Balaban J connectivity index is 1.82. The topological polar surface area (TPSA) is 90.4 Å². The van der Waals surface area contributed by atoms with Crippen LogP contribution in [-0.4, -0.2) is 30.7 Å². The van der Waals surface area contributed by atoms with Crippen LogP contribution in [0.1, 0.15) is 16.8 Å². The van der Waals surface area contributed by atoms with E-state index in [-0.39, 0.29) is 18.2 Å². The molecular formula is C13H16ClN3O2. The van der Waals surface area contributed by atoms with E-state index in [1.807, 2.05) is 0 Å². The minimum absolute atomic E-state index is 0.0202. The lowest BCUT2D eigenvalue weighted by molar-refractivity contribution is 0.00535. The zero-order chi connectivity index (χ0) is 13.6. The summed E-state index contributed by atoms with van der Waals surface area (Å²) in [6.45, 7) is 0.754. The van der Waals surface area contributed by atoms with Crippen LogP contribution in [0.25, 0.3) is 0 Å². The van der Waals surface area contributed by atoms with Crippen molar-refractivity contribution in [2.24, 2.45) is 17.4 Å². The molecule has 0 radical (unpaired) electrons. The monoisotopic (exact) mass is 281 g/mol. The summed E-state index contributed by atoms with van der Waals surface area (Å²) in [6.07, 6.45) is 1.14. The summed E-state index contributed by atoms with van der Waals surface area (Å²) in [5, 5.41) is 3.75. The third-order valence-corrected chi connectivity index (χ3v) is 4.25. The molecule has 2 fully saturated rings. The van der Waals surface area contributed by atoms with Crippen LogP contribution in [0.2, 0.25) is 5.02 Å². The molecule has 1 saturated heterocycles. The van der Waals surface area contributed by atoms with Crippen molar-refractivity contribution in [2.75, 3.05) is 11.9 Å². The van der Waals surface area contributed by atoms with E-state index in [9.17, 15) is 4.79 Å². The van der Waals surface area contributed by atoms with Crippen molar-refractivity contribution in [3.63, 3.8) is 0 Å². The molecule has 0 aromatic heterocycles. The second kappa shape index (κ2) is 4.67. The van der Waals surface area contributed by atoms with Gasteiger partial charge in [0, 0.05) is 29.3 Å². The molecule has 19 heavy (non-hydrogen) atoms. The summed E-state index contributed by atoms with van der Waals surface area (Å²) in [4.78, 5) is 11.4. The van der Waals surface area contributed by atoms with Gasteiger partial charge in [-0.1, -0.05) is 11.6 Å². The Morgan fingerprint density at radius 1 is 1.47 bits per heavy atom. The van der Waals surface area contributed by atoms with E-state index in [4.69, 9.17) is 27.8 Å². The molecule has 6 heteroatoms. The number of anilines is 1. The molecule has 1 aromatic rings. The van der Waals surface area contributed by atoms with Gasteiger partial charge in [0.15, 0.2) is 0 Å². The lowest BCUT2D eigenvalue weighted by Gasteiger charge is -2.46. The number of ether oxygens (including phenoxy) is 1. The molecule has 5 N–H and O–H groups in total. The molecule has 1 aliphatic carbocycles. The number of halogens is 1. The molecule has 2 aliphatic rings. The zero-order valence-electron chi connectivity index (χ0n) is 10.3. The van der Waals surface area contributed by atoms with E-state index in [1.165, 1.54) is 0 Å². The normalized spacial score (nSPS) is 32.5. The van der Waals surface area contributed by atoms with Crippen molar-refractivity contribution < 1.29 is 9.53 Å². The Morgan fingerprint density at radius 2 is 2.26 bits per heavy atom. The molecule has 4 unspecified atom stereocenters. The molecule has 1 aromatic carbocycles. The minimum atomic E-state index is -0.512. The maximum atomic E-state index is 11.4. The summed E-state index contributed by atoms with van der Waals surface area (Å²) in [6, 6.07) is 5.09. The standard InChI is InChI=1S/C13H16ClN3O2/c14-6-1-2-9(8(5-6)13(16)18)17-11-10(15)7-3-4-19-12(7)11/h1-2,5,7,10-12,17H,3-4,15H2,(H2,16,18). The number of hydrogen-bond acceptors (Lipinski definition) is 4. The highest BCUT2D eigenvalue weighted by molar-refractivity contribution is 6.31. The number of carbonyl (C=O) groups is 1. The minimum Gasteiger partial charge on any atom is -0.377 e. The predicted molar refractivity (Wildman–Crippen MR) is 73.2 cm³/mol. The molecule has 3 rings (SSSR count). The van der Waals surface area contributed by atoms with Gasteiger partial charge >= 0.3 is 0 Å².